The molecule has 5 rings (SSSR count). The van der Waals surface area contributed by atoms with E-state index in [0.717, 1.165) is 5.56 Å². The molecule has 3 N–H and O–H groups in total. The predicted molar refractivity (Wildman–Crippen MR) is 108 cm³/mol. The van der Waals surface area contributed by atoms with E-state index in [2.05, 4.69) is 21.2 Å². The van der Waals surface area contributed by atoms with Crippen LogP contribution in [0, 0.1) is 18.3 Å². The average molecular weight is 450 g/mol. The number of halogens is 1. The summed E-state index contributed by atoms with van der Waals surface area (Å²) in [5.41, 5.74) is 5.38. The molecule has 3 aromatic rings. The number of para-hydroxylation sites is 1. The van der Waals surface area contributed by atoms with Gasteiger partial charge in [0, 0.05) is 15.7 Å². The van der Waals surface area contributed by atoms with Crippen LogP contribution in [0.2, 0.25) is 0 Å². The summed E-state index contributed by atoms with van der Waals surface area (Å²) in [6.45, 7) is 1.85. The van der Waals surface area contributed by atoms with Gasteiger partial charge in [-0.25, -0.2) is 4.79 Å². The molecule has 0 aliphatic carbocycles. The zero-order chi connectivity index (χ0) is 20.5. The van der Waals surface area contributed by atoms with E-state index in [1.54, 1.807) is 30.3 Å². The van der Waals surface area contributed by atoms with Gasteiger partial charge in [0.05, 0.1) is 5.39 Å². The van der Waals surface area contributed by atoms with Gasteiger partial charge in [0.25, 0.3) is 0 Å². The molecule has 0 saturated heterocycles. The van der Waals surface area contributed by atoms with Crippen LogP contribution < -0.4 is 21.4 Å². The number of aryl methyl sites for hydroxylation is 1. The van der Waals surface area contributed by atoms with Gasteiger partial charge in [-0.1, -0.05) is 34.1 Å². The van der Waals surface area contributed by atoms with Gasteiger partial charge < -0.3 is 20.2 Å². The summed E-state index contributed by atoms with van der Waals surface area (Å²) in [7, 11) is 0. The van der Waals surface area contributed by atoms with Crippen molar-refractivity contribution in [2.45, 2.75) is 12.3 Å². The number of hydrogen-bond acceptors (Lipinski definition) is 6. The van der Waals surface area contributed by atoms with E-state index in [-0.39, 0.29) is 22.8 Å². The molecule has 29 heavy (non-hydrogen) atoms. The number of nitrogens with one attached hydrogen (secondary N) is 1. The molecule has 8 heteroatoms. The highest BCUT2D eigenvalue weighted by atomic mass is 79.9. The Bertz CT molecular complexity index is 1400. The zero-order valence-electron chi connectivity index (χ0n) is 15.0. The fourth-order valence-corrected chi connectivity index (χ4v) is 4.76. The number of carbonyl (C=O) groups excluding carboxylic acids is 1. The second-order valence-electron chi connectivity index (χ2n) is 6.87. The maximum atomic E-state index is 13.4. The first-order valence-electron chi connectivity index (χ1n) is 8.66. The van der Waals surface area contributed by atoms with E-state index in [4.69, 9.17) is 14.9 Å². The van der Waals surface area contributed by atoms with Gasteiger partial charge in [-0.15, -0.1) is 0 Å². The molecule has 142 valence electrons. The number of ether oxygens (including phenoxy) is 1. The minimum atomic E-state index is -1.78. The van der Waals surface area contributed by atoms with Crippen molar-refractivity contribution in [2.75, 3.05) is 5.32 Å². The Labute approximate surface area is 172 Å². The fraction of sp³-hybridized carbons (Fsp3) is 0.0952. The third-order valence-electron chi connectivity index (χ3n) is 5.38. The molecule has 2 aliphatic heterocycles. The topological polar surface area (TPSA) is 118 Å². The van der Waals surface area contributed by atoms with Crippen LogP contribution in [-0.4, -0.2) is 5.91 Å². The first kappa shape index (κ1) is 17.5. The second kappa shape index (κ2) is 5.72. The molecule has 0 saturated carbocycles. The molecule has 1 atom stereocenters. The lowest BCUT2D eigenvalue weighted by Gasteiger charge is -2.33. The van der Waals surface area contributed by atoms with Gasteiger partial charge in [0.1, 0.15) is 22.8 Å². The largest absolute Gasteiger partial charge is 0.439 e. The molecule has 1 aromatic heterocycles. The van der Waals surface area contributed by atoms with Crippen molar-refractivity contribution < 1.29 is 13.9 Å². The van der Waals surface area contributed by atoms with Gasteiger partial charge >= 0.3 is 5.63 Å². The molecule has 7 nitrogen and oxygen atoms in total. The highest BCUT2D eigenvalue weighted by Gasteiger charge is 2.59. The lowest BCUT2D eigenvalue weighted by molar-refractivity contribution is -0.118. The number of benzene rings is 2. The van der Waals surface area contributed by atoms with Crippen molar-refractivity contribution in [3.05, 3.63) is 79.4 Å². The lowest BCUT2D eigenvalue weighted by atomic mass is 9.69. The Morgan fingerprint density at radius 1 is 1.17 bits per heavy atom. The van der Waals surface area contributed by atoms with E-state index in [1.165, 1.54) is 0 Å². The quantitative estimate of drug-likeness (QED) is 0.508. The number of nitriles is 1. The van der Waals surface area contributed by atoms with E-state index in [0.29, 0.717) is 26.7 Å². The monoisotopic (exact) mass is 449 g/mol. The maximum absolute atomic E-state index is 13.4. The number of carbonyl (C=O) groups is 1. The minimum Gasteiger partial charge on any atom is -0.439 e. The van der Waals surface area contributed by atoms with E-state index >= 15 is 0 Å². The SMILES string of the molecule is Cc1ccc2c(c1Br)C1(C(=O)N2)C(C#N)=C(N)Oc2c1c(=O)oc1ccccc21. The van der Waals surface area contributed by atoms with E-state index < -0.39 is 16.9 Å². The van der Waals surface area contributed by atoms with E-state index in [9.17, 15) is 14.9 Å². The summed E-state index contributed by atoms with van der Waals surface area (Å²) >= 11 is 3.53. The van der Waals surface area contributed by atoms with Crippen molar-refractivity contribution in [2.24, 2.45) is 5.73 Å². The second-order valence-corrected chi connectivity index (χ2v) is 7.66. The number of rotatable bonds is 0. The maximum Gasteiger partial charge on any atom is 0.345 e. The Morgan fingerprint density at radius 3 is 2.69 bits per heavy atom. The molecule has 0 bridgehead atoms. The highest BCUT2D eigenvalue weighted by molar-refractivity contribution is 9.10. The molecule has 3 heterocycles. The molecule has 1 amide bonds. The summed E-state index contributed by atoms with van der Waals surface area (Å²) < 4.78 is 11.8. The summed E-state index contributed by atoms with van der Waals surface area (Å²) in [6.07, 6.45) is 0. The first-order chi connectivity index (χ1) is 13.9. The standard InChI is InChI=1S/C21H12BrN3O4/c1-9-6-7-12-14(16(9)22)21(20(27)25-12)11(8-23)18(24)29-17-10-4-2-3-5-13(10)28-19(26)15(17)21/h2-7H,24H2,1H3,(H,25,27). The first-order valence-corrected chi connectivity index (χ1v) is 9.46. The molecule has 2 aliphatic rings. The Morgan fingerprint density at radius 2 is 1.93 bits per heavy atom. The van der Waals surface area contributed by atoms with Gasteiger partial charge in [0.15, 0.2) is 11.2 Å². The van der Waals surface area contributed by atoms with Crippen LogP contribution in [0.1, 0.15) is 16.7 Å². The minimum absolute atomic E-state index is 0.0653. The number of hydrogen-bond donors (Lipinski definition) is 2. The molecule has 0 fully saturated rings. The lowest BCUT2D eigenvalue weighted by Crippen LogP contribution is -2.46. The normalized spacial score (nSPS) is 19.6. The third kappa shape index (κ3) is 2.00. The Hall–Kier alpha value is -3.57. The molecule has 0 radical (unpaired) electrons. The molecular formula is C21H12BrN3O4. The van der Waals surface area contributed by atoms with Crippen LogP contribution >= 0.6 is 15.9 Å². The molecule has 2 aromatic carbocycles. The number of anilines is 1. The Kier molecular flexibility index (Phi) is 3.46. The molecule has 1 unspecified atom stereocenters. The van der Waals surface area contributed by atoms with Crippen LogP contribution in [0.5, 0.6) is 5.75 Å². The van der Waals surface area contributed by atoms with Gasteiger partial charge in [0.2, 0.25) is 11.8 Å². The predicted octanol–water partition coefficient (Wildman–Crippen LogP) is 3.19. The van der Waals surface area contributed by atoms with Crippen LogP contribution in [0.4, 0.5) is 5.69 Å². The van der Waals surface area contributed by atoms with Crippen molar-refractivity contribution in [3.63, 3.8) is 0 Å². The smallest absolute Gasteiger partial charge is 0.345 e. The summed E-state index contributed by atoms with van der Waals surface area (Å²) in [4.78, 5) is 26.6. The average Bonchev–Trinajstić information content (AvgIpc) is 2.98. The van der Waals surface area contributed by atoms with Crippen LogP contribution in [0.25, 0.3) is 11.0 Å². The van der Waals surface area contributed by atoms with Gasteiger partial charge in [-0.3, -0.25) is 4.79 Å². The zero-order valence-corrected chi connectivity index (χ0v) is 16.6. The summed E-state index contributed by atoms with van der Waals surface area (Å²) in [5.74, 6) is -0.678. The van der Waals surface area contributed by atoms with Crippen LogP contribution in [0.15, 0.2) is 61.5 Å². The summed E-state index contributed by atoms with van der Waals surface area (Å²) in [5, 5.41) is 13.2. The van der Waals surface area contributed by atoms with E-state index in [1.807, 2.05) is 19.1 Å². The molecule has 1 spiro atoms. The fourth-order valence-electron chi connectivity index (χ4n) is 4.12. The Balaban J connectivity index is 2.05. The highest BCUT2D eigenvalue weighted by Crippen LogP contribution is 2.55. The van der Waals surface area contributed by atoms with Gasteiger partial charge in [-0.05, 0) is 30.7 Å². The van der Waals surface area contributed by atoms with Crippen molar-refractivity contribution in [1.29, 1.82) is 5.26 Å². The number of amides is 1. The van der Waals surface area contributed by atoms with Crippen LogP contribution in [-0.2, 0) is 10.2 Å². The van der Waals surface area contributed by atoms with Crippen molar-refractivity contribution in [1.82, 2.24) is 0 Å². The molecular weight excluding hydrogens is 438 g/mol. The summed E-state index contributed by atoms with van der Waals surface area (Å²) in [6, 6.07) is 12.3. The number of nitrogens with zero attached hydrogens (tertiary/aromatic N) is 1. The van der Waals surface area contributed by atoms with Crippen molar-refractivity contribution in [3.8, 4) is 11.8 Å². The third-order valence-corrected chi connectivity index (χ3v) is 6.41. The van der Waals surface area contributed by atoms with Crippen LogP contribution in [0.3, 0.4) is 0 Å². The van der Waals surface area contributed by atoms with Gasteiger partial charge in [-0.2, -0.15) is 5.26 Å². The number of nitrogens with two attached hydrogens (primary N) is 1. The van der Waals surface area contributed by atoms with Crippen molar-refractivity contribution >= 4 is 38.5 Å². The number of fused-ring (bicyclic) bond motifs is 6.